The van der Waals surface area contributed by atoms with Gasteiger partial charge in [-0.05, 0) is 42.8 Å². The fourth-order valence-electron chi connectivity index (χ4n) is 5.04. The first-order valence-electron chi connectivity index (χ1n) is 16.4. The number of alkyl halides is 6. The zero-order valence-corrected chi connectivity index (χ0v) is 27.5. The molecule has 50 heavy (non-hydrogen) atoms. The number of carbonyl (C=O) groups excluding carboxylic acids is 2. The van der Waals surface area contributed by atoms with Crippen molar-refractivity contribution >= 4 is 17.5 Å². The van der Waals surface area contributed by atoms with E-state index < -0.39 is 52.8 Å². The summed E-state index contributed by atoms with van der Waals surface area (Å²) in [7, 11) is 0. The molecule has 1 aromatic heterocycles. The molecule has 3 aromatic rings. The lowest BCUT2D eigenvalue weighted by molar-refractivity contribution is -0.274. The minimum atomic E-state index is -5.20. The number of pyridine rings is 1. The number of aromatic nitrogens is 1. The van der Waals surface area contributed by atoms with Gasteiger partial charge in [0.1, 0.15) is 22.8 Å². The van der Waals surface area contributed by atoms with Crippen LogP contribution in [-0.2, 0) is 6.18 Å². The van der Waals surface area contributed by atoms with Crippen LogP contribution in [-0.4, -0.2) is 29.8 Å². The largest absolute Gasteiger partial charge is 0.573 e. The number of benzene rings is 2. The first-order chi connectivity index (χ1) is 23.7. The van der Waals surface area contributed by atoms with Gasteiger partial charge in [0.25, 0.3) is 11.8 Å². The number of rotatable bonds is 20. The Hall–Kier alpha value is -4.56. The minimum absolute atomic E-state index is 0.0439. The molecule has 3 rings (SSSR count). The molecule has 3 N–H and O–H groups in total. The summed E-state index contributed by atoms with van der Waals surface area (Å²) >= 11 is 0. The predicted molar refractivity (Wildman–Crippen MR) is 172 cm³/mol. The van der Waals surface area contributed by atoms with Crippen LogP contribution >= 0.6 is 0 Å². The maximum atomic E-state index is 15.4. The molecule has 8 nitrogen and oxygen atoms in total. The number of hydrogen-bond acceptors (Lipinski definition) is 6. The molecule has 0 unspecified atom stereocenters. The maximum absolute atomic E-state index is 15.4. The molecule has 0 saturated heterocycles. The highest BCUT2D eigenvalue weighted by molar-refractivity contribution is 6.07. The predicted octanol–water partition coefficient (Wildman–Crippen LogP) is 10.4. The Labute approximate surface area is 285 Å². The number of nitrogens with two attached hydrogens (primary N) is 1. The van der Waals surface area contributed by atoms with E-state index in [0.29, 0.717) is 18.6 Å². The van der Waals surface area contributed by atoms with E-state index in [1.165, 1.54) is 44.6 Å². The van der Waals surface area contributed by atoms with E-state index in [-0.39, 0.29) is 29.5 Å². The first-order valence-corrected chi connectivity index (χ1v) is 16.4. The summed E-state index contributed by atoms with van der Waals surface area (Å²) in [5, 5.41) is 2.18. The van der Waals surface area contributed by atoms with Crippen molar-refractivity contribution < 1.29 is 54.5 Å². The lowest BCUT2D eigenvalue weighted by atomic mass is 10.1. The summed E-state index contributed by atoms with van der Waals surface area (Å²) in [6.07, 6.45) is 3.72. The highest BCUT2D eigenvalue weighted by atomic mass is 19.4. The van der Waals surface area contributed by atoms with Crippen molar-refractivity contribution in [2.24, 2.45) is 5.73 Å². The third-order valence-electron chi connectivity index (χ3n) is 7.53. The number of halogens is 7. The topological polar surface area (TPSA) is 113 Å². The Morgan fingerprint density at radius 3 is 1.96 bits per heavy atom. The van der Waals surface area contributed by atoms with Gasteiger partial charge in [-0.1, -0.05) is 77.6 Å². The highest BCUT2D eigenvalue weighted by Gasteiger charge is 2.38. The third-order valence-corrected chi connectivity index (χ3v) is 7.53. The molecule has 0 fully saturated rings. The molecular weight excluding hydrogens is 675 g/mol. The lowest BCUT2D eigenvalue weighted by Crippen LogP contribution is -2.19. The standard InChI is InChI=1S/C35H40F7N3O5/c1-2-3-4-5-6-7-8-9-10-11-12-13-20-48-29-22-24(50-35(40,41)42)14-16-27(29)49-28-17-15-25(34(37,38)39)31(36)30(28)33(47)45-23-18-19-44-26(21-23)32(43)46/h14-19,21-22H,2-13,20H2,1H3,(H2,43,46)(H,44,45,47). The van der Waals surface area contributed by atoms with Crippen molar-refractivity contribution in [1.29, 1.82) is 0 Å². The number of ether oxygens (including phenoxy) is 3. The van der Waals surface area contributed by atoms with E-state index in [4.69, 9.17) is 15.2 Å². The second-order valence-corrected chi connectivity index (χ2v) is 11.5. The maximum Gasteiger partial charge on any atom is 0.573 e. The number of nitrogens with one attached hydrogen (secondary N) is 1. The molecule has 0 atom stereocenters. The van der Waals surface area contributed by atoms with Gasteiger partial charge in [0.2, 0.25) is 0 Å². The van der Waals surface area contributed by atoms with Crippen LogP contribution in [0.4, 0.5) is 36.4 Å². The molecule has 0 saturated carbocycles. The SMILES string of the molecule is CCCCCCCCCCCCCCOc1cc(OC(F)(F)F)ccc1Oc1ccc(C(F)(F)F)c(F)c1C(=O)Nc1ccnc(C(N)=O)c1. The van der Waals surface area contributed by atoms with E-state index in [1.807, 2.05) is 0 Å². The molecule has 1 heterocycles. The average molecular weight is 716 g/mol. The van der Waals surface area contributed by atoms with Crippen molar-refractivity contribution in [3.8, 4) is 23.0 Å². The summed E-state index contributed by atoms with van der Waals surface area (Å²) in [4.78, 5) is 28.4. The van der Waals surface area contributed by atoms with Crippen molar-refractivity contribution in [2.75, 3.05) is 11.9 Å². The fraction of sp³-hybridized carbons (Fsp3) is 0.457. The van der Waals surface area contributed by atoms with Gasteiger partial charge in [0.05, 0.1) is 12.2 Å². The van der Waals surface area contributed by atoms with Crippen LogP contribution in [0, 0.1) is 5.82 Å². The Balaban J connectivity index is 1.77. The van der Waals surface area contributed by atoms with Gasteiger partial charge in [0, 0.05) is 18.0 Å². The van der Waals surface area contributed by atoms with E-state index in [2.05, 4.69) is 22.0 Å². The van der Waals surface area contributed by atoms with Gasteiger partial charge in [-0.2, -0.15) is 13.2 Å². The second-order valence-electron chi connectivity index (χ2n) is 11.5. The van der Waals surface area contributed by atoms with E-state index in [9.17, 15) is 35.9 Å². The summed E-state index contributed by atoms with van der Waals surface area (Å²) in [6.45, 7) is 2.22. The Morgan fingerprint density at radius 2 is 1.38 bits per heavy atom. The van der Waals surface area contributed by atoms with Crippen LogP contribution in [0.15, 0.2) is 48.7 Å². The van der Waals surface area contributed by atoms with Crippen molar-refractivity contribution in [3.63, 3.8) is 0 Å². The molecule has 15 heteroatoms. The monoisotopic (exact) mass is 715 g/mol. The van der Waals surface area contributed by atoms with Crippen LogP contribution in [0.25, 0.3) is 0 Å². The van der Waals surface area contributed by atoms with Crippen molar-refractivity contribution in [3.05, 3.63) is 71.3 Å². The second kappa shape index (κ2) is 19.0. The Morgan fingerprint density at radius 1 is 0.780 bits per heavy atom. The number of carbonyl (C=O) groups is 2. The minimum Gasteiger partial charge on any atom is -0.490 e. The third kappa shape index (κ3) is 13.0. The van der Waals surface area contributed by atoms with E-state index in [1.54, 1.807) is 0 Å². The van der Waals surface area contributed by atoms with Crippen LogP contribution in [0.1, 0.15) is 110 Å². The Bertz CT molecular complexity index is 1560. The van der Waals surface area contributed by atoms with Crippen molar-refractivity contribution in [1.82, 2.24) is 4.98 Å². The molecule has 0 radical (unpaired) electrons. The van der Waals surface area contributed by atoms with Crippen LogP contribution < -0.4 is 25.3 Å². The van der Waals surface area contributed by atoms with Crippen LogP contribution in [0.2, 0.25) is 0 Å². The van der Waals surface area contributed by atoms with Gasteiger partial charge < -0.3 is 25.3 Å². The van der Waals surface area contributed by atoms with Crippen LogP contribution in [0.5, 0.6) is 23.0 Å². The summed E-state index contributed by atoms with van der Waals surface area (Å²) in [6, 6.07) is 5.96. The average Bonchev–Trinajstić information content (AvgIpc) is 3.03. The lowest BCUT2D eigenvalue weighted by Gasteiger charge is -2.18. The normalized spacial score (nSPS) is 11.7. The van der Waals surface area contributed by atoms with E-state index >= 15 is 4.39 Å². The molecular formula is C35H40F7N3O5. The van der Waals surface area contributed by atoms with Gasteiger partial charge in [-0.3, -0.25) is 14.6 Å². The number of hydrogen-bond donors (Lipinski definition) is 2. The quantitative estimate of drug-likeness (QED) is 0.0890. The molecule has 0 bridgehead atoms. The first kappa shape index (κ1) is 39.9. The summed E-state index contributed by atoms with van der Waals surface area (Å²) < 4.78 is 110. The van der Waals surface area contributed by atoms with Crippen molar-refractivity contribution in [2.45, 2.75) is 96.5 Å². The number of nitrogens with zero attached hydrogens (tertiary/aromatic N) is 1. The van der Waals surface area contributed by atoms with Gasteiger partial charge in [-0.25, -0.2) is 4.39 Å². The molecule has 274 valence electrons. The molecule has 0 aliphatic rings. The summed E-state index contributed by atoms with van der Waals surface area (Å²) in [5.41, 5.74) is 1.78. The zero-order valence-electron chi connectivity index (χ0n) is 27.5. The van der Waals surface area contributed by atoms with Gasteiger partial charge >= 0.3 is 12.5 Å². The smallest absolute Gasteiger partial charge is 0.490 e. The number of primary amides is 1. The number of amides is 2. The summed E-state index contributed by atoms with van der Waals surface area (Å²) in [5.74, 6) is -6.35. The van der Waals surface area contributed by atoms with Gasteiger partial charge in [-0.15, -0.1) is 13.2 Å². The molecule has 2 aromatic carbocycles. The number of unbranched alkanes of at least 4 members (excludes halogenated alkanes) is 11. The number of anilines is 1. The molecule has 2 amide bonds. The zero-order chi connectivity index (χ0) is 36.7. The highest BCUT2D eigenvalue weighted by Crippen LogP contribution is 2.41. The fourth-order valence-corrected chi connectivity index (χ4v) is 5.04. The molecule has 0 spiro atoms. The molecule has 0 aliphatic heterocycles. The van der Waals surface area contributed by atoms with Crippen LogP contribution in [0.3, 0.4) is 0 Å². The molecule has 0 aliphatic carbocycles. The van der Waals surface area contributed by atoms with E-state index in [0.717, 1.165) is 62.6 Å². The Kier molecular flexibility index (Phi) is 15.2. The van der Waals surface area contributed by atoms with Gasteiger partial charge in [0.15, 0.2) is 17.3 Å².